The van der Waals surface area contributed by atoms with Crippen LogP contribution in [0.5, 0.6) is 17.2 Å². The largest absolute Gasteiger partial charge is 0.490 e. The Kier molecular flexibility index (Phi) is 11.5. The minimum absolute atomic E-state index is 0.0159. The van der Waals surface area contributed by atoms with Crippen molar-refractivity contribution >= 4 is 56.7 Å². The number of halogens is 2. The first kappa shape index (κ1) is 31.5. The van der Waals surface area contributed by atoms with E-state index in [4.69, 9.17) is 18.9 Å². The van der Waals surface area contributed by atoms with Gasteiger partial charge in [-0.05, 0) is 80.1 Å². The number of amides is 2. The van der Waals surface area contributed by atoms with Gasteiger partial charge in [0, 0.05) is 15.7 Å². The maximum Gasteiger partial charge on any atom is 0.337 e. The number of carbonyl (C=O) groups excluding carboxylic acids is 2. The molecule has 0 aromatic heterocycles. The number of rotatable bonds is 12. The maximum atomic E-state index is 12.4. The summed E-state index contributed by atoms with van der Waals surface area (Å²) in [6, 6.07) is 7.65. The highest BCUT2D eigenvalue weighted by Crippen LogP contribution is 2.35. The second kappa shape index (κ2) is 14.6. The second-order valence-corrected chi connectivity index (χ2v) is 11.0. The number of nitrogens with one attached hydrogen (secondary N) is 3. The Morgan fingerprint density at radius 1 is 1.25 bits per heavy atom. The summed E-state index contributed by atoms with van der Waals surface area (Å²) < 4.78 is 24.2. The standard InChI is InChI=1S/C27H32BrIN4O7/c1-6-38-21-10-16(24-23(26(35)37-5)15(4)31-27(36)32-24)7-8-20(21)39-13-22(34)33-30-12-17-9-18(28)11-19(29)25(17)40-14(2)3/h7-12,14,22,24,33-34H,6,13H2,1-5H3,(H2,31,32,36)/b30-12+/t22-,24+/m0/s1. The molecule has 0 unspecified atom stereocenters. The molecule has 1 heterocycles. The van der Waals surface area contributed by atoms with Crippen molar-refractivity contribution in [3.8, 4) is 17.2 Å². The van der Waals surface area contributed by atoms with E-state index < -0.39 is 24.3 Å². The number of aliphatic hydroxyl groups excluding tert-OH is 1. The third kappa shape index (κ3) is 8.24. The molecular weight excluding hydrogens is 699 g/mol. The van der Waals surface area contributed by atoms with Crippen LogP contribution in [-0.4, -0.2) is 56.0 Å². The van der Waals surface area contributed by atoms with Gasteiger partial charge in [-0.1, -0.05) is 22.0 Å². The number of allylic oxidation sites excluding steroid dienone is 1. The molecule has 0 aliphatic carbocycles. The molecule has 1 aliphatic heterocycles. The zero-order valence-corrected chi connectivity index (χ0v) is 26.5. The van der Waals surface area contributed by atoms with Crippen LogP contribution in [0, 0.1) is 3.57 Å². The molecular formula is C27H32BrIN4O7. The van der Waals surface area contributed by atoms with E-state index >= 15 is 0 Å². The number of hydrogen-bond donors (Lipinski definition) is 4. The zero-order chi connectivity index (χ0) is 29.4. The Hall–Kier alpha value is -3.04. The lowest BCUT2D eigenvalue weighted by Crippen LogP contribution is -2.45. The van der Waals surface area contributed by atoms with Crippen LogP contribution in [0.25, 0.3) is 0 Å². The van der Waals surface area contributed by atoms with Gasteiger partial charge in [-0.15, -0.1) is 0 Å². The van der Waals surface area contributed by atoms with Gasteiger partial charge in [-0.3, -0.25) is 5.43 Å². The third-order valence-corrected chi connectivity index (χ3v) is 6.75. The number of methoxy groups -OCH3 is 1. The zero-order valence-electron chi connectivity index (χ0n) is 22.7. The van der Waals surface area contributed by atoms with Crippen molar-refractivity contribution in [2.75, 3.05) is 20.3 Å². The van der Waals surface area contributed by atoms with E-state index in [1.165, 1.54) is 7.11 Å². The number of benzene rings is 2. The second-order valence-electron chi connectivity index (χ2n) is 8.89. The van der Waals surface area contributed by atoms with Crippen molar-refractivity contribution in [3.05, 3.63) is 60.8 Å². The van der Waals surface area contributed by atoms with Gasteiger partial charge in [-0.25, -0.2) is 9.59 Å². The molecule has 0 saturated heterocycles. The summed E-state index contributed by atoms with van der Waals surface area (Å²) in [4.78, 5) is 24.5. The predicted molar refractivity (Wildman–Crippen MR) is 162 cm³/mol. The number of nitrogens with zero attached hydrogens (tertiary/aromatic N) is 1. The SMILES string of the molecule is CCOc1cc([C@H]2NC(=O)NC(C)=C2C(=O)OC)ccc1OC[C@H](O)N/N=C/c1cc(Br)cc(I)c1OC(C)C. The first-order chi connectivity index (χ1) is 19.0. The average Bonchev–Trinajstić information content (AvgIpc) is 2.89. The minimum atomic E-state index is -1.13. The lowest BCUT2D eigenvalue weighted by Gasteiger charge is -2.28. The predicted octanol–water partition coefficient (Wildman–Crippen LogP) is 4.36. The van der Waals surface area contributed by atoms with Crippen molar-refractivity contribution in [2.24, 2.45) is 5.10 Å². The van der Waals surface area contributed by atoms with Gasteiger partial charge in [0.05, 0.1) is 41.2 Å². The van der Waals surface area contributed by atoms with Crippen molar-refractivity contribution in [1.82, 2.24) is 16.1 Å². The smallest absolute Gasteiger partial charge is 0.337 e. The molecule has 2 aromatic rings. The molecule has 0 bridgehead atoms. The van der Waals surface area contributed by atoms with Crippen LogP contribution in [0.4, 0.5) is 4.79 Å². The highest BCUT2D eigenvalue weighted by atomic mass is 127. The lowest BCUT2D eigenvalue weighted by atomic mass is 9.95. The van der Waals surface area contributed by atoms with Crippen LogP contribution in [0.1, 0.15) is 44.9 Å². The van der Waals surface area contributed by atoms with Crippen LogP contribution in [0.3, 0.4) is 0 Å². The molecule has 3 rings (SSSR count). The highest BCUT2D eigenvalue weighted by molar-refractivity contribution is 14.1. The molecule has 11 nitrogen and oxygen atoms in total. The number of esters is 1. The van der Waals surface area contributed by atoms with E-state index in [0.717, 1.165) is 13.6 Å². The highest BCUT2D eigenvalue weighted by Gasteiger charge is 2.32. The maximum absolute atomic E-state index is 12.4. The summed E-state index contributed by atoms with van der Waals surface area (Å²) in [5, 5.41) is 19.9. The van der Waals surface area contributed by atoms with Crippen molar-refractivity contribution in [3.63, 3.8) is 0 Å². The van der Waals surface area contributed by atoms with Gasteiger partial charge in [0.1, 0.15) is 12.4 Å². The quantitative estimate of drug-likeness (QED) is 0.0831. The fraction of sp³-hybridized carbons (Fsp3) is 0.370. The number of urea groups is 1. The van der Waals surface area contributed by atoms with Crippen molar-refractivity contribution < 1.29 is 33.6 Å². The Bertz CT molecular complexity index is 1300. The van der Waals surface area contributed by atoms with Crippen LogP contribution in [0.2, 0.25) is 0 Å². The van der Waals surface area contributed by atoms with Gasteiger partial charge >= 0.3 is 12.0 Å². The molecule has 2 aromatic carbocycles. The molecule has 2 amide bonds. The van der Waals surface area contributed by atoms with Gasteiger partial charge in [-0.2, -0.15) is 5.10 Å². The summed E-state index contributed by atoms with van der Waals surface area (Å²) in [7, 11) is 1.28. The summed E-state index contributed by atoms with van der Waals surface area (Å²) in [6.45, 7) is 7.54. The van der Waals surface area contributed by atoms with E-state index in [0.29, 0.717) is 35.1 Å². The van der Waals surface area contributed by atoms with E-state index in [1.54, 1.807) is 31.3 Å². The van der Waals surface area contributed by atoms with Gasteiger partial charge in [0.2, 0.25) is 0 Å². The van der Waals surface area contributed by atoms with Gasteiger partial charge < -0.3 is 34.7 Å². The molecule has 1 aliphatic rings. The monoisotopic (exact) mass is 730 g/mol. The Labute approximate surface area is 254 Å². The first-order valence-electron chi connectivity index (χ1n) is 12.4. The number of aliphatic hydroxyl groups is 1. The van der Waals surface area contributed by atoms with Crippen LogP contribution in [0.15, 0.2) is 51.2 Å². The lowest BCUT2D eigenvalue weighted by molar-refractivity contribution is -0.136. The summed E-state index contributed by atoms with van der Waals surface area (Å²) in [6.07, 6.45) is 0.417. The van der Waals surface area contributed by atoms with E-state index in [2.05, 4.69) is 59.7 Å². The van der Waals surface area contributed by atoms with Crippen LogP contribution < -0.4 is 30.3 Å². The first-order valence-corrected chi connectivity index (χ1v) is 14.3. The molecule has 2 atom stereocenters. The number of ether oxygens (including phenoxy) is 4. The minimum Gasteiger partial charge on any atom is -0.490 e. The van der Waals surface area contributed by atoms with Gasteiger partial charge in [0.25, 0.3) is 0 Å². The summed E-state index contributed by atoms with van der Waals surface area (Å²) in [5.41, 5.74) is 4.65. The number of carbonyl (C=O) groups is 2. The normalized spacial score (nSPS) is 15.9. The number of hydrogen-bond acceptors (Lipinski definition) is 9. The van der Waals surface area contributed by atoms with Crippen molar-refractivity contribution in [1.29, 1.82) is 0 Å². The number of hydrazone groups is 1. The fourth-order valence-corrected chi connectivity index (χ4v) is 5.53. The molecule has 216 valence electrons. The molecule has 4 N–H and O–H groups in total. The topological polar surface area (TPSA) is 140 Å². The molecule has 13 heteroatoms. The molecule has 0 fully saturated rings. The van der Waals surface area contributed by atoms with E-state index in [1.807, 2.05) is 32.9 Å². The molecule has 0 radical (unpaired) electrons. The van der Waals surface area contributed by atoms with E-state index in [-0.39, 0.29) is 18.3 Å². The molecule has 40 heavy (non-hydrogen) atoms. The summed E-state index contributed by atoms with van der Waals surface area (Å²) >= 11 is 5.68. The molecule has 0 saturated carbocycles. The third-order valence-electron chi connectivity index (χ3n) is 5.49. The Morgan fingerprint density at radius 2 is 2.00 bits per heavy atom. The van der Waals surface area contributed by atoms with Crippen LogP contribution >= 0.6 is 38.5 Å². The Morgan fingerprint density at radius 3 is 2.67 bits per heavy atom. The molecule has 0 spiro atoms. The van der Waals surface area contributed by atoms with Crippen molar-refractivity contribution in [2.45, 2.75) is 46.1 Å². The van der Waals surface area contributed by atoms with E-state index in [9.17, 15) is 14.7 Å². The average molecular weight is 731 g/mol. The van der Waals surface area contributed by atoms with Crippen LogP contribution in [-0.2, 0) is 9.53 Å². The Balaban J connectivity index is 1.72. The fourth-order valence-electron chi connectivity index (χ4n) is 3.85. The van der Waals surface area contributed by atoms with Gasteiger partial charge in [0.15, 0.2) is 17.7 Å². The summed E-state index contributed by atoms with van der Waals surface area (Å²) in [5.74, 6) is 0.875.